The molecule has 0 bridgehead atoms. The average molecular weight is 276 g/mol. The predicted octanol–water partition coefficient (Wildman–Crippen LogP) is 4.25. The molecule has 2 rings (SSSR count). The van der Waals surface area contributed by atoms with Crippen molar-refractivity contribution in [1.29, 1.82) is 0 Å². The van der Waals surface area contributed by atoms with E-state index >= 15 is 0 Å². The Balaban J connectivity index is 1.81. The van der Waals surface area contributed by atoms with Crippen molar-refractivity contribution < 1.29 is 0 Å². The minimum Gasteiger partial charge on any atom is -0.360 e. The molecule has 1 fully saturated rings. The molecule has 1 aromatic rings. The van der Waals surface area contributed by atoms with Crippen molar-refractivity contribution in [3.8, 4) is 0 Å². The van der Waals surface area contributed by atoms with E-state index in [-0.39, 0.29) is 0 Å². The molecule has 2 nitrogen and oxygen atoms in total. The summed E-state index contributed by atoms with van der Waals surface area (Å²) in [6, 6.07) is 8.78. The summed E-state index contributed by atoms with van der Waals surface area (Å²) in [5, 5.41) is 7.43. The number of aryl methyl sites for hydroxylation is 1. The Morgan fingerprint density at radius 2 is 1.79 bits per heavy atom. The van der Waals surface area contributed by atoms with Crippen LogP contribution in [-0.4, -0.2) is 11.2 Å². The third kappa shape index (κ3) is 4.50. The van der Waals surface area contributed by atoms with Gasteiger partial charge in [0.15, 0.2) is 5.11 Å². The van der Waals surface area contributed by atoms with Crippen LogP contribution in [0.3, 0.4) is 0 Å². The minimum absolute atomic E-state index is 0.464. The lowest BCUT2D eigenvalue weighted by Gasteiger charge is -2.29. The van der Waals surface area contributed by atoms with Gasteiger partial charge in [-0.25, -0.2) is 0 Å². The molecule has 1 saturated carbocycles. The van der Waals surface area contributed by atoms with Gasteiger partial charge in [0.2, 0.25) is 0 Å². The van der Waals surface area contributed by atoms with Crippen LogP contribution in [0.4, 0.5) is 5.69 Å². The Bertz CT molecular complexity index is 407. The summed E-state index contributed by atoms with van der Waals surface area (Å²) in [6.45, 7) is 4.34. The molecule has 2 N–H and O–H groups in total. The van der Waals surface area contributed by atoms with Crippen LogP contribution in [0, 0.1) is 12.8 Å². The molecule has 1 aliphatic carbocycles. The summed E-state index contributed by atoms with van der Waals surface area (Å²) in [4.78, 5) is 0. The van der Waals surface area contributed by atoms with Gasteiger partial charge in [-0.15, -0.1) is 0 Å². The fourth-order valence-corrected chi connectivity index (χ4v) is 3.07. The summed E-state index contributed by atoms with van der Waals surface area (Å²) in [6.07, 6.45) is 6.81. The Kier molecular flexibility index (Phi) is 5.20. The minimum atomic E-state index is 0.464. The lowest BCUT2D eigenvalue weighted by atomic mass is 9.85. The molecule has 0 spiro atoms. The first-order valence-corrected chi connectivity index (χ1v) is 7.70. The summed E-state index contributed by atoms with van der Waals surface area (Å²) in [5.41, 5.74) is 2.32. The van der Waals surface area contributed by atoms with Gasteiger partial charge in [0, 0.05) is 11.7 Å². The Morgan fingerprint density at radius 3 is 2.42 bits per heavy atom. The van der Waals surface area contributed by atoms with Crippen LogP contribution in [0.1, 0.15) is 44.6 Å². The topological polar surface area (TPSA) is 24.1 Å². The quantitative estimate of drug-likeness (QED) is 0.807. The summed E-state index contributed by atoms with van der Waals surface area (Å²) in [5.74, 6) is 0.770. The monoisotopic (exact) mass is 276 g/mol. The molecule has 0 heterocycles. The molecule has 0 aliphatic heterocycles. The lowest BCUT2D eigenvalue weighted by molar-refractivity contribution is 0.302. The van der Waals surface area contributed by atoms with Crippen LogP contribution in [0.25, 0.3) is 0 Å². The fraction of sp³-hybridized carbons (Fsp3) is 0.562. The fourth-order valence-electron chi connectivity index (χ4n) is 2.76. The van der Waals surface area contributed by atoms with E-state index in [1.54, 1.807) is 0 Å². The van der Waals surface area contributed by atoms with E-state index in [9.17, 15) is 0 Å². The first-order valence-electron chi connectivity index (χ1n) is 7.29. The van der Waals surface area contributed by atoms with Gasteiger partial charge >= 0.3 is 0 Å². The van der Waals surface area contributed by atoms with E-state index in [2.05, 4.69) is 48.7 Å². The summed E-state index contributed by atoms with van der Waals surface area (Å²) >= 11 is 5.39. The zero-order chi connectivity index (χ0) is 13.7. The van der Waals surface area contributed by atoms with Crippen LogP contribution in [-0.2, 0) is 0 Å². The Hall–Kier alpha value is -1.09. The van der Waals surface area contributed by atoms with Gasteiger partial charge < -0.3 is 10.6 Å². The molecule has 1 unspecified atom stereocenters. The second kappa shape index (κ2) is 6.90. The largest absolute Gasteiger partial charge is 0.360 e. The van der Waals surface area contributed by atoms with Crippen LogP contribution < -0.4 is 10.6 Å². The number of nitrogens with one attached hydrogen (secondary N) is 2. The van der Waals surface area contributed by atoms with Crippen molar-refractivity contribution in [2.75, 3.05) is 5.32 Å². The third-order valence-corrected chi connectivity index (χ3v) is 4.25. The van der Waals surface area contributed by atoms with Crippen molar-refractivity contribution in [3.05, 3.63) is 29.8 Å². The SMILES string of the molecule is Cc1ccc(NC(=S)NC(C)C2CCCCC2)cc1. The first-order chi connectivity index (χ1) is 9.15. The highest BCUT2D eigenvalue weighted by Crippen LogP contribution is 2.26. The van der Waals surface area contributed by atoms with Crippen LogP contribution >= 0.6 is 12.2 Å². The van der Waals surface area contributed by atoms with Crippen molar-refractivity contribution in [3.63, 3.8) is 0 Å². The summed E-state index contributed by atoms with van der Waals surface area (Å²) < 4.78 is 0. The van der Waals surface area contributed by atoms with Crippen LogP contribution in [0.15, 0.2) is 24.3 Å². The Morgan fingerprint density at radius 1 is 1.16 bits per heavy atom. The number of thiocarbonyl (C=S) groups is 1. The number of hydrogen-bond acceptors (Lipinski definition) is 1. The number of hydrogen-bond donors (Lipinski definition) is 2. The molecule has 1 atom stereocenters. The molecular weight excluding hydrogens is 252 g/mol. The molecule has 3 heteroatoms. The number of anilines is 1. The molecule has 1 aliphatic rings. The molecule has 0 radical (unpaired) electrons. The van der Waals surface area contributed by atoms with Crippen molar-refractivity contribution in [2.24, 2.45) is 5.92 Å². The third-order valence-electron chi connectivity index (χ3n) is 4.03. The van der Waals surface area contributed by atoms with Gasteiger partial charge in [-0.2, -0.15) is 0 Å². The van der Waals surface area contributed by atoms with E-state index in [0.717, 1.165) is 16.7 Å². The highest BCUT2D eigenvalue weighted by molar-refractivity contribution is 7.80. The molecule has 0 saturated heterocycles. The van der Waals surface area contributed by atoms with E-state index in [1.807, 2.05) is 0 Å². The predicted molar refractivity (Wildman–Crippen MR) is 86.6 cm³/mol. The van der Waals surface area contributed by atoms with Crippen molar-refractivity contribution in [2.45, 2.75) is 52.0 Å². The highest BCUT2D eigenvalue weighted by atomic mass is 32.1. The first kappa shape index (κ1) is 14.3. The van der Waals surface area contributed by atoms with Crippen molar-refractivity contribution >= 4 is 23.0 Å². The molecular formula is C16H24N2S. The molecule has 104 valence electrons. The molecule has 1 aromatic carbocycles. The molecule has 19 heavy (non-hydrogen) atoms. The molecule has 0 aromatic heterocycles. The normalized spacial score (nSPS) is 17.8. The zero-order valence-electron chi connectivity index (χ0n) is 11.9. The van der Waals surface area contributed by atoms with Gasteiger partial charge in [-0.3, -0.25) is 0 Å². The average Bonchev–Trinajstić information content (AvgIpc) is 2.42. The van der Waals surface area contributed by atoms with Gasteiger partial charge in [-0.05, 0) is 57.0 Å². The maximum absolute atomic E-state index is 5.39. The van der Waals surface area contributed by atoms with E-state index in [4.69, 9.17) is 12.2 Å². The lowest BCUT2D eigenvalue weighted by Crippen LogP contribution is -2.41. The Labute approximate surface area is 122 Å². The van der Waals surface area contributed by atoms with Crippen molar-refractivity contribution in [1.82, 2.24) is 5.32 Å². The zero-order valence-corrected chi connectivity index (χ0v) is 12.7. The van der Waals surface area contributed by atoms with E-state index in [0.29, 0.717) is 6.04 Å². The maximum atomic E-state index is 5.39. The van der Waals surface area contributed by atoms with Gasteiger partial charge in [0.1, 0.15) is 0 Å². The molecule has 0 amide bonds. The van der Waals surface area contributed by atoms with Crippen LogP contribution in [0.5, 0.6) is 0 Å². The van der Waals surface area contributed by atoms with Crippen LogP contribution in [0.2, 0.25) is 0 Å². The van der Waals surface area contributed by atoms with Gasteiger partial charge in [-0.1, -0.05) is 37.0 Å². The van der Waals surface area contributed by atoms with Gasteiger partial charge in [0.05, 0.1) is 0 Å². The number of benzene rings is 1. The smallest absolute Gasteiger partial charge is 0.170 e. The second-order valence-electron chi connectivity index (χ2n) is 5.65. The van der Waals surface area contributed by atoms with E-state index < -0.39 is 0 Å². The standard InChI is InChI=1S/C16H24N2S/c1-12-8-10-15(11-9-12)18-16(19)17-13(2)14-6-4-3-5-7-14/h8-11,13-14H,3-7H2,1-2H3,(H2,17,18,19). The number of rotatable bonds is 3. The summed E-state index contributed by atoms with van der Waals surface area (Å²) in [7, 11) is 0. The maximum Gasteiger partial charge on any atom is 0.170 e. The highest BCUT2D eigenvalue weighted by Gasteiger charge is 2.20. The van der Waals surface area contributed by atoms with Gasteiger partial charge in [0.25, 0.3) is 0 Å². The van der Waals surface area contributed by atoms with E-state index in [1.165, 1.54) is 37.7 Å². The second-order valence-corrected chi connectivity index (χ2v) is 6.06.